The number of furan rings is 1. The van der Waals surface area contributed by atoms with Gasteiger partial charge in [0.1, 0.15) is 5.58 Å². The first-order chi connectivity index (χ1) is 23.6. The highest BCUT2D eigenvalue weighted by molar-refractivity contribution is 6.11. The van der Waals surface area contributed by atoms with Crippen LogP contribution in [-0.4, -0.2) is 0 Å². The van der Waals surface area contributed by atoms with E-state index in [1.54, 1.807) is 0 Å². The molecule has 0 radical (unpaired) electrons. The molecule has 0 spiro atoms. The van der Waals surface area contributed by atoms with E-state index in [-0.39, 0.29) is 16.2 Å². The van der Waals surface area contributed by atoms with Gasteiger partial charge in [-0.3, -0.25) is 0 Å². The molecule has 1 heterocycles. The fraction of sp³-hybridized carbons (Fsp3) is 0.234. The van der Waals surface area contributed by atoms with Crippen LogP contribution < -0.4 is 4.90 Å². The fourth-order valence-corrected chi connectivity index (χ4v) is 8.98. The van der Waals surface area contributed by atoms with E-state index in [0.717, 1.165) is 39.7 Å². The number of benzene rings is 6. The summed E-state index contributed by atoms with van der Waals surface area (Å²) in [6, 6.07) is 46.9. The maximum Gasteiger partial charge on any atom is 0.159 e. The maximum absolute atomic E-state index is 6.75. The van der Waals surface area contributed by atoms with Crippen molar-refractivity contribution in [2.45, 2.75) is 70.6 Å². The summed E-state index contributed by atoms with van der Waals surface area (Å²) >= 11 is 0. The van der Waals surface area contributed by atoms with Crippen molar-refractivity contribution in [1.29, 1.82) is 0 Å². The van der Waals surface area contributed by atoms with Gasteiger partial charge in [-0.25, -0.2) is 0 Å². The average Bonchev–Trinajstić information content (AvgIpc) is 3.60. The Morgan fingerprint density at radius 3 is 1.98 bits per heavy atom. The molecule has 6 aromatic carbocycles. The van der Waals surface area contributed by atoms with E-state index in [2.05, 4.69) is 174 Å². The summed E-state index contributed by atoms with van der Waals surface area (Å²) in [4.78, 5) is 2.46. The van der Waals surface area contributed by atoms with Gasteiger partial charge in [0.15, 0.2) is 5.58 Å². The minimum atomic E-state index is -0.148. The number of rotatable bonds is 4. The second kappa shape index (κ2) is 10.5. The molecule has 242 valence electrons. The van der Waals surface area contributed by atoms with Gasteiger partial charge < -0.3 is 9.32 Å². The van der Waals surface area contributed by atoms with E-state index < -0.39 is 0 Å². The number of para-hydroxylation sites is 3. The third kappa shape index (κ3) is 4.39. The SMILES string of the molecule is CC1(C)CCC(C)(C)c2c(-c3cc4c(cc3N(c3ccccc3)c3cccc5c3oc3ccccc35)C(C)(C)c3ccccc3-4)cccc21. The molecule has 49 heavy (non-hydrogen) atoms. The first kappa shape index (κ1) is 30.0. The zero-order chi connectivity index (χ0) is 33.7. The number of fused-ring (bicyclic) bond motifs is 7. The molecule has 0 aliphatic heterocycles. The predicted octanol–water partition coefficient (Wildman–Crippen LogP) is 13.4. The molecule has 0 fully saturated rings. The first-order valence-corrected chi connectivity index (χ1v) is 17.7. The van der Waals surface area contributed by atoms with Crippen LogP contribution in [0.1, 0.15) is 76.6 Å². The quantitative estimate of drug-likeness (QED) is 0.191. The van der Waals surface area contributed by atoms with Crippen molar-refractivity contribution in [2.24, 2.45) is 0 Å². The number of hydrogen-bond donors (Lipinski definition) is 0. The summed E-state index contributed by atoms with van der Waals surface area (Å²) in [6.45, 7) is 14.5. The molecule has 0 N–H and O–H groups in total. The highest BCUT2D eigenvalue weighted by atomic mass is 16.3. The minimum absolute atomic E-state index is 0.0330. The monoisotopic (exact) mass is 637 g/mol. The Hall–Kier alpha value is -5.08. The van der Waals surface area contributed by atoms with Gasteiger partial charge in [0, 0.05) is 27.4 Å². The molecule has 2 nitrogen and oxygen atoms in total. The van der Waals surface area contributed by atoms with Crippen LogP contribution in [0, 0.1) is 0 Å². The van der Waals surface area contributed by atoms with Crippen LogP contribution in [0.3, 0.4) is 0 Å². The normalized spacial score (nSPS) is 16.7. The summed E-state index contributed by atoms with van der Waals surface area (Å²) in [5, 5.41) is 2.27. The lowest BCUT2D eigenvalue weighted by Crippen LogP contribution is -2.34. The van der Waals surface area contributed by atoms with Crippen molar-refractivity contribution in [1.82, 2.24) is 0 Å². The lowest BCUT2D eigenvalue weighted by molar-refractivity contribution is 0.333. The molecule has 9 rings (SSSR count). The van der Waals surface area contributed by atoms with Gasteiger partial charge in [0.25, 0.3) is 0 Å². The lowest BCUT2D eigenvalue weighted by atomic mass is 9.61. The Morgan fingerprint density at radius 2 is 1.14 bits per heavy atom. The molecule has 0 saturated carbocycles. The summed E-state index contributed by atoms with van der Waals surface area (Å²) in [7, 11) is 0. The van der Waals surface area contributed by atoms with Crippen molar-refractivity contribution in [3.63, 3.8) is 0 Å². The third-order valence-corrected chi connectivity index (χ3v) is 11.7. The van der Waals surface area contributed by atoms with E-state index in [1.165, 1.54) is 56.6 Å². The van der Waals surface area contributed by atoms with Gasteiger partial charge >= 0.3 is 0 Å². The molecular formula is C47H43NO. The molecule has 0 saturated heterocycles. The van der Waals surface area contributed by atoms with Gasteiger partial charge in [-0.2, -0.15) is 0 Å². The van der Waals surface area contributed by atoms with Crippen molar-refractivity contribution < 1.29 is 4.42 Å². The minimum Gasteiger partial charge on any atom is -0.454 e. The largest absolute Gasteiger partial charge is 0.454 e. The van der Waals surface area contributed by atoms with Crippen molar-refractivity contribution in [3.8, 4) is 22.3 Å². The molecule has 2 aliphatic carbocycles. The van der Waals surface area contributed by atoms with Crippen LogP contribution in [0.4, 0.5) is 17.1 Å². The zero-order valence-corrected chi connectivity index (χ0v) is 29.4. The summed E-state index contributed by atoms with van der Waals surface area (Å²) < 4.78 is 6.75. The molecule has 2 heteroatoms. The lowest BCUT2D eigenvalue weighted by Gasteiger charge is -2.43. The Kier molecular flexibility index (Phi) is 6.41. The second-order valence-corrected chi connectivity index (χ2v) is 16.0. The van der Waals surface area contributed by atoms with Crippen LogP contribution >= 0.6 is 0 Å². The molecule has 0 atom stereocenters. The van der Waals surface area contributed by atoms with Crippen molar-refractivity contribution in [3.05, 3.63) is 150 Å². The zero-order valence-electron chi connectivity index (χ0n) is 29.4. The second-order valence-electron chi connectivity index (χ2n) is 16.0. The Labute approximate surface area is 290 Å². The Balaban J connectivity index is 1.42. The van der Waals surface area contributed by atoms with Gasteiger partial charge in [-0.1, -0.05) is 133 Å². The van der Waals surface area contributed by atoms with E-state index >= 15 is 0 Å². The molecule has 0 bridgehead atoms. The summed E-state index contributed by atoms with van der Waals surface area (Å²) in [5.41, 5.74) is 16.1. The van der Waals surface area contributed by atoms with Gasteiger partial charge in [0.2, 0.25) is 0 Å². The van der Waals surface area contributed by atoms with Gasteiger partial charge in [-0.15, -0.1) is 0 Å². The molecular weight excluding hydrogens is 595 g/mol. The molecule has 7 aromatic rings. The first-order valence-electron chi connectivity index (χ1n) is 17.7. The van der Waals surface area contributed by atoms with Gasteiger partial charge in [0.05, 0.1) is 11.4 Å². The molecule has 0 amide bonds. The number of hydrogen-bond acceptors (Lipinski definition) is 2. The van der Waals surface area contributed by atoms with Crippen molar-refractivity contribution >= 4 is 39.0 Å². The highest BCUT2D eigenvalue weighted by Gasteiger charge is 2.41. The third-order valence-electron chi connectivity index (χ3n) is 11.7. The standard InChI is InChI=1S/C47H43NO/c1-45(2)26-27-46(3,4)43-33(20-14-23-38(43)45)36-28-35-31-18-10-12-22-37(31)47(5,6)39(35)29-41(36)48(30-16-8-7-9-17-30)40-24-15-21-34-32-19-11-13-25-42(32)49-44(34)40/h7-25,28-29H,26-27H2,1-6H3. The summed E-state index contributed by atoms with van der Waals surface area (Å²) in [6.07, 6.45) is 2.33. The van der Waals surface area contributed by atoms with Gasteiger partial charge in [-0.05, 0) is 99.0 Å². The topological polar surface area (TPSA) is 16.4 Å². The van der Waals surface area contributed by atoms with Crippen molar-refractivity contribution in [2.75, 3.05) is 4.90 Å². The summed E-state index contributed by atoms with van der Waals surface area (Å²) in [5.74, 6) is 0. The number of anilines is 3. The van der Waals surface area contributed by atoms with E-state index in [0.29, 0.717) is 0 Å². The fourth-order valence-electron chi connectivity index (χ4n) is 8.98. The maximum atomic E-state index is 6.75. The average molecular weight is 638 g/mol. The van der Waals surface area contributed by atoms with Crippen LogP contribution in [-0.2, 0) is 16.2 Å². The van der Waals surface area contributed by atoms with Crippen LogP contribution in [0.2, 0.25) is 0 Å². The smallest absolute Gasteiger partial charge is 0.159 e. The van der Waals surface area contributed by atoms with Crippen LogP contribution in [0.25, 0.3) is 44.2 Å². The van der Waals surface area contributed by atoms with E-state index in [4.69, 9.17) is 4.42 Å². The van der Waals surface area contributed by atoms with Crippen LogP contribution in [0.5, 0.6) is 0 Å². The molecule has 2 aliphatic rings. The molecule has 0 unspecified atom stereocenters. The Morgan fingerprint density at radius 1 is 0.490 bits per heavy atom. The predicted molar refractivity (Wildman–Crippen MR) is 207 cm³/mol. The highest BCUT2D eigenvalue weighted by Crippen LogP contribution is 2.56. The molecule has 1 aromatic heterocycles. The van der Waals surface area contributed by atoms with E-state index in [1.807, 2.05) is 0 Å². The number of nitrogens with zero attached hydrogens (tertiary/aromatic N) is 1. The van der Waals surface area contributed by atoms with Crippen LogP contribution in [0.15, 0.2) is 132 Å². The Bertz CT molecular complexity index is 2420. The van der Waals surface area contributed by atoms with E-state index in [9.17, 15) is 0 Å².